The monoisotopic (exact) mass is 700 g/mol. The van der Waals surface area contributed by atoms with Crippen LogP contribution in [0.25, 0.3) is 49.5 Å². The van der Waals surface area contributed by atoms with Crippen LogP contribution in [0.5, 0.6) is 0 Å². The first-order valence-electron chi connectivity index (χ1n) is 19.9. The molecule has 1 spiro atoms. The number of para-hydroxylation sites is 3. The summed E-state index contributed by atoms with van der Waals surface area (Å²) in [5.41, 5.74) is 24.1. The lowest BCUT2D eigenvalue weighted by molar-refractivity contribution is 0.642. The van der Waals surface area contributed by atoms with E-state index in [1.165, 1.54) is 117 Å². The van der Waals surface area contributed by atoms with E-state index >= 15 is 0 Å². The van der Waals surface area contributed by atoms with Crippen molar-refractivity contribution in [1.82, 2.24) is 4.98 Å². The molecule has 0 bridgehead atoms. The molecular formula is C52H37BN2. The largest absolute Gasteiger partial charge is 0.357 e. The molecule has 1 atom stereocenters. The fourth-order valence-corrected chi connectivity index (χ4v) is 11.7. The average molecular weight is 701 g/mol. The molecule has 1 N–H and O–H groups in total. The van der Waals surface area contributed by atoms with Crippen molar-refractivity contribution < 1.29 is 0 Å². The third kappa shape index (κ3) is 3.50. The number of aromatic nitrogens is 1. The molecule has 0 radical (unpaired) electrons. The number of benzene rings is 7. The molecule has 8 aromatic rings. The summed E-state index contributed by atoms with van der Waals surface area (Å²) in [5, 5.41) is 3.88. The van der Waals surface area contributed by atoms with Gasteiger partial charge in [-0.2, -0.15) is 0 Å². The second-order valence-corrected chi connectivity index (χ2v) is 16.7. The number of anilines is 3. The van der Waals surface area contributed by atoms with Gasteiger partial charge in [-0.1, -0.05) is 159 Å². The van der Waals surface area contributed by atoms with Crippen LogP contribution in [-0.2, 0) is 10.8 Å². The molecule has 1 unspecified atom stereocenters. The summed E-state index contributed by atoms with van der Waals surface area (Å²) in [7, 11) is 0.863. The maximum absolute atomic E-state index is 4.08. The lowest BCUT2D eigenvalue weighted by atomic mass is 9.54. The second kappa shape index (κ2) is 10.3. The van der Waals surface area contributed by atoms with Crippen molar-refractivity contribution in [3.05, 3.63) is 191 Å². The van der Waals surface area contributed by atoms with Crippen LogP contribution < -0.4 is 15.8 Å². The van der Waals surface area contributed by atoms with Crippen LogP contribution >= 0.6 is 0 Å². The van der Waals surface area contributed by atoms with Gasteiger partial charge >= 0.3 is 0 Å². The van der Waals surface area contributed by atoms with Gasteiger partial charge in [0.25, 0.3) is 0 Å². The van der Waals surface area contributed by atoms with Gasteiger partial charge in [0, 0.05) is 39.0 Å². The smallest absolute Gasteiger partial charge is 0.198 e. The molecule has 55 heavy (non-hydrogen) atoms. The highest BCUT2D eigenvalue weighted by molar-refractivity contribution is 6.74. The quantitative estimate of drug-likeness (QED) is 0.169. The number of hydrogen-bond acceptors (Lipinski definition) is 1. The van der Waals surface area contributed by atoms with Crippen LogP contribution in [0.3, 0.4) is 0 Å². The maximum Gasteiger partial charge on any atom is 0.198 e. The second-order valence-electron chi connectivity index (χ2n) is 16.7. The molecule has 13 rings (SSSR count). The predicted octanol–water partition coefficient (Wildman–Crippen LogP) is 11.2. The molecular weight excluding hydrogens is 663 g/mol. The summed E-state index contributed by atoms with van der Waals surface area (Å²) in [5.74, 6) is 0. The molecule has 2 aliphatic heterocycles. The third-order valence-electron chi connectivity index (χ3n) is 13.9. The predicted molar refractivity (Wildman–Crippen MR) is 232 cm³/mol. The van der Waals surface area contributed by atoms with Gasteiger partial charge < -0.3 is 9.88 Å². The van der Waals surface area contributed by atoms with E-state index in [9.17, 15) is 0 Å². The fraction of sp³-hybridized carbons (Fsp3) is 0.115. The Bertz CT molecular complexity index is 3120. The highest BCUT2D eigenvalue weighted by atomic mass is 15.2. The molecule has 258 valence electrons. The van der Waals surface area contributed by atoms with Crippen molar-refractivity contribution in [2.24, 2.45) is 0 Å². The fourth-order valence-electron chi connectivity index (χ4n) is 11.7. The number of allylic oxidation sites excluding steroid dienone is 4. The van der Waals surface area contributed by atoms with Gasteiger partial charge in [-0.05, 0) is 91.3 Å². The number of nitrogens with one attached hydrogen (secondary N) is 1. The van der Waals surface area contributed by atoms with E-state index in [1.54, 1.807) is 0 Å². The minimum absolute atomic E-state index is 0.106. The maximum atomic E-state index is 4.08. The third-order valence-corrected chi connectivity index (χ3v) is 13.9. The first-order chi connectivity index (χ1) is 27.1. The van der Waals surface area contributed by atoms with Crippen molar-refractivity contribution in [2.45, 2.75) is 37.5 Å². The highest BCUT2D eigenvalue weighted by Crippen LogP contribution is 2.64. The Kier molecular flexibility index (Phi) is 5.60. The zero-order valence-corrected chi connectivity index (χ0v) is 31.0. The van der Waals surface area contributed by atoms with Crippen LogP contribution in [0.15, 0.2) is 157 Å². The zero-order valence-electron chi connectivity index (χ0n) is 31.0. The Morgan fingerprint density at radius 1 is 0.618 bits per heavy atom. The van der Waals surface area contributed by atoms with Gasteiger partial charge in [-0.3, -0.25) is 0 Å². The standard InChI is InChI=1S/C52H37BN2/c1-51(2)37-22-8-7-19-34(37)46-36-21-13-20-35(48(36)54-50(46)51)45-31-16-4-3-15-30(31)29-44-47(45)53-42-27-14-26-41-49(42)55(44)43-28-12-11-25-40(43)52(41)38-23-9-5-17-32(38)33-18-6-10-24-39(33)52/h3-5,7-17,19-29,53-54H,6,18H2,1-2H3. The van der Waals surface area contributed by atoms with Crippen molar-refractivity contribution in [3.63, 3.8) is 0 Å². The van der Waals surface area contributed by atoms with Crippen molar-refractivity contribution in [2.75, 3.05) is 4.90 Å². The lowest BCUT2D eigenvalue weighted by Crippen LogP contribution is -2.47. The Labute approximate surface area is 321 Å². The molecule has 7 aromatic carbocycles. The van der Waals surface area contributed by atoms with E-state index < -0.39 is 0 Å². The van der Waals surface area contributed by atoms with E-state index in [-0.39, 0.29) is 10.8 Å². The van der Waals surface area contributed by atoms with Crippen molar-refractivity contribution in [1.29, 1.82) is 0 Å². The first kappa shape index (κ1) is 30.1. The van der Waals surface area contributed by atoms with E-state index in [0.717, 1.165) is 20.1 Å². The first-order valence-corrected chi connectivity index (χ1v) is 19.9. The summed E-state index contributed by atoms with van der Waals surface area (Å²) < 4.78 is 0. The van der Waals surface area contributed by atoms with E-state index in [4.69, 9.17) is 0 Å². The van der Waals surface area contributed by atoms with Crippen molar-refractivity contribution >= 4 is 62.5 Å². The van der Waals surface area contributed by atoms with Crippen LogP contribution in [0, 0.1) is 0 Å². The van der Waals surface area contributed by atoms with E-state index in [0.29, 0.717) is 0 Å². The minimum atomic E-state index is -0.363. The molecule has 5 aliphatic rings. The molecule has 3 heteroatoms. The average Bonchev–Trinajstić information content (AvgIpc) is 3.84. The SMILES string of the molecule is CC1(C)c2ccccc2-c2c1[nH]c1c(-c3c4c(cc5ccccc35)N3c5ccccc5C5(C6=C(CCC=C6)c6ccccc65)c5cccc(c53)B4)cccc21. The van der Waals surface area contributed by atoms with Crippen LogP contribution in [-0.4, -0.2) is 12.3 Å². The van der Waals surface area contributed by atoms with Crippen molar-refractivity contribution in [3.8, 4) is 22.3 Å². The lowest BCUT2D eigenvalue weighted by Gasteiger charge is -2.48. The van der Waals surface area contributed by atoms with Crippen LogP contribution in [0.4, 0.5) is 17.1 Å². The summed E-state index contributed by atoms with van der Waals surface area (Å²) in [4.78, 5) is 6.72. The molecule has 0 saturated heterocycles. The Hall–Kier alpha value is -6.32. The van der Waals surface area contributed by atoms with E-state index in [1.807, 2.05) is 0 Å². The Morgan fingerprint density at radius 3 is 2.24 bits per heavy atom. The molecule has 3 aliphatic carbocycles. The van der Waals surface area contributed by atoms with Gasteiger partial charge in [0.05, 0.1) is 16.6 Å². The number of H-pyrrole nitrogens is 1. The van der Waals surface area contributed by atoms with Gasteiger partial charge in [0.15, 0.2) is 7.28 Å². The Morgan fingerprint density at radius 2 is 1.33 bits per heavy atom. The number of hydrogen-bond donors (Lipinski definition) is 1. The summed E-state index contributed by atoms with van der Waals surface area (Å²) in [6, 6.07) is 53.2. The Balaban J connectivity index is 1.12. The van der Waals surface area contributed by atoms with Gasteiger partial charge in [0.1, 0.15) is 0 Å². The number of aromatic amines is 1. The van der Waals surface area contributed by atoms with Gasteiger partial charge in [-0.15, -0.1) is 0 Å². The molecule has 0 fully saturated rings. The molecule has 2 nitrogen and oxygen atoms in total. The van der Waals surface area contributed by atoms with Gasteiger partial charge in [0.2, 0.25) is 0 Å². The van der Waals surface area contributed by atoms with Gasteiger partial charge in [-0.25, -0.2) is 0 Å². The normalized spacial score (nSPS) is 18.8. The zero-order chi connectivity index (χ0) is 36.2. The number of nitrogens with zero attached hydrogens (tertiary/aromatic N) is 1. The summed E-state index contributed by atoms with van der Waals surface area (Å²) in [6.07, 6.45) is 7.04. The number of fused-ring (bicyclic) bond motifs is 16. The van der Waals surface area contributed by atoms with E-state index in [2.05, 4.69) is 175 Å². The summed E-state index contributed by atoms with van der Waals surface area (Å²) >= 11 is 0. The molecule has 0 saturated carbocycles. The molecule has 0 amide bonds. The molecule has 3 heterocycles. The van der Waals surface area contributed by atoms with Crippen LogP contribution in [0.1, 0.15) is 60.2 Å². The van der Waals surface area contributed by atoms with Crippen LogP contribution in [0.2, 0.25) is 0 Å². The number of rotatable bonds is 1. The molecule has 1 aromatic heterocycles. The minimum Gasteiger partial charge on any atom is -0.357 e. The topological polar surface area (TPSA) is 19.0 Å². The summed E-state index contributed by atoms with van der Waals surface area (Å²) in [6.45, 7) is 4.73. The highest BCUT2D eigenvalue weighted by Gasteiger charge is 2.53.